The van der Waals surface area contributed by atoms with E-state index in [1.807, 2.05) is 19.2 Å². The van der Waals surface area contributed by atoms with Gasteiger partial charge in [-0.05, 0) is 30.2 Å². The lowest BCUT2D eigenvalue weighted by Gasteiger charge is -2.01. The Morgan fingerprint density at radius 3 is 2.93 bits per heavy atom. The third-order valence-corrected chi connectivity index (χ3v) is 2.66. The fourth-order valence-electron chi connectivity index (χ4n) is 1.66. The van der Waals surface area contributed by atoms with Crippen molar-refractivity contribution < 1.29 is 9.90 Å². The second-order valence-electron chi connectivity index (χ2n) is 3.54. The molecular weight excluding hydrogens is 214 g/mol. The lowest BCUT2D eigenvalue weighted by atomic mass is 10.1. The normalized spacial score (nSPS) is 10.8. The second kappa shape index (κ2) is 3.59. The SMILES string of the molecule is Cc1c[nH]c2c(Cl)cc(CC(=O)O)cc12. The van der Waals surface area contributed by atoms with Gasteiger partial charge < -0.3 is 10.1 Å². The van der Waals surface area contributed by atoms with Crippen LogP contribution >= 0.6 is 11.6 Å². The van der Waals surface area contributed by atoms with Crippen molar-refractivity contribution in [1.29, 1.82) is 0 Å². The molecule has 0 saturated heterocycles. The molecule has 3 nitrogen and oxygen atoms in total. The fraction of sp³-hybridized carbons (Fsp3) is 0.182. The minimum absolute atomic E-state index is 0.000278. The number of nitrogens with one attached hydrogen (secondary N) is 1. The van der Waals surface area contributed by atoms with E-state index in [2.05, 4.69) is 4.98 Å². The first kappa shape index (κ1) is 10.1. The van der Waals surface area contributed by atoms with Gasteiger partial charge in [0.2, 0.25) is 0 Å². The lowest BCUT2D eigenvalue weighted by Crippen LogP contribution is -1.99. The predicted molar refractivity (Wildman–Crippen MR) is 59.4 cm³/mol. The van der Waals surface area contributed by atoms with E-state index in [0.717, 1.165) is 22.0 Å². The van der Waals surface area contributed by atoms with Gasteiger partial charge in [0.15, 0.2) is 0 Å². The van der Waals surface area contributed by atoms with Gasteiger partial charge in [-0.15, -0.1) is 0 Å². The molecule has 0 saturated carbocycles. The molecule has 4 heteroatoms. The topological polar surface area (TPSA) is 53.1 Å². The molecule has 0 spiro atoms. The van der Waals surface area contributed by atoms with Crippen molar-refractivity contribution in [2.24, 2.45) is 0 Å². The summed E-state index contributed by atoms with van der Waals surface area (Å²) in [6.07, 6.45) is 1.86. The Bertz CT molecular complexity index is 531. The maximum absolute atomic E-state index is 10.6. The molecule has 0 aliphatic heterocycles. The predicted octanol–water partition coefficient (Wildman–Crippen LogP) is 2.76. The summed E-state index contributed by atoms with van der Waals surface area (Å²) in [5.41, 5.74) is 2.66. The number of aromatic nitrogens is 1. The molecule has 2 rings (SSSR count). The van der Waals surface area contributed by atoms with Crippen LogP contribution in [0, 0.1) is 6.92 Å². The van der Waals surface area contributed by atoms with Gasteiger partial charge >= 0.3 is 5.97 Å². The Morgan fingerprint density at radius 1 is 1.53 bits per heavy atom. The highest BCUT2D eigenvalue weighted by Gasteiger charge is 2.08. The Kier molecular flexibility index (Phi) is 2.40. The van der Waals surface area contributed by atoms with Gasteiger partial charge in [0.05, 0.1) is 17.0 Å². The number of carboxylic acids is 1. The maximum Gasteiger partial charge on any atom is 0.307 e. The van der Waals surface area contributed by atoms with Crippen molar-refractivity contribution in [3.8, 4) is 0 Å². The van der Waals surface area contributed by atoms with Crippen LogP contribution < -0.4 is 0 Å². The van der Waals surface area contributed by atoms with Crippen molar-refractivity contribution in [3.05, 3.63) is 34.5 Å². The van der Waals surface area contributed by atoms with E-state index in [4.69, 9.17) is 16.7 Å². The highest BCUT2D eigenvalue weighted by Crippen LogP contribution is 2.27. The van der Waals surface area contributed by atoms with E-state index in [1.54, 1.807) is 6.07 Å². The van der Waals surface area contributed by atoms with Crippen molar-refractivity contribution >= 4 is 28.5 Å². The summed E-state index contributed by atoms with van der Waals surface area (Å²) in [5.74, 6) is -0.849. The van der Waals surface area contributed by atoms with Crippen LogP contribution in [0.15, 0.2) is 18.3 Å². The minimum atomic E-state index is -0.849. The molecule has 0 aliphatic rings. The highest BCUT2D eigenvalue weighted by atomic mass is 35.5. The Labute approximate surface area is 91.7 Å². The lowest BCUT2D eigenvalue weighted by molar-refractivity contribution is -0.136. The van der Waals surface area contributed by atoms with E-state index >= 15 is 0 Å². The van der Waals surface area contributed by atoms with Crippen molar-refractivity contribution in [3.63, 3.8) is 0 Å². The smallest absolute Gasteiger partial charge is 0.307 e. The van der Waals surface area contributed by atoms with Crippen molar-refractivity contribution in [2.45, 2.75) is 13.3 Å². The average molecular weight is 224 g/mol. The Balaban J connectivity index is 2.59. The number of halogens is 1. The Morgan fingerprint density at radius 2 is 2.27 bits per heavy atom. The van der Waals surface area contributed by atoms with Gasteiger partial charge in [0.25, 0.3) is 0 Å². The minimum Gasteiger partial charge on any atom is -0.481 e. The molecule has 0 atom stereocenters. The zero-order valence-electron chi connectivity index (χ0n) is 8.17. The molecule has 1 aromatic carbocycles. The quantitative estimate of drug-likeness (QED) is 0.823. The zero-order valence-corrected chi connectivity index (χ0v) is 8.93. The largest absolute Gasteiger partial charge is 0.481 e. The Hall–Kier alpha value is -1.48. The molecule has 78 valence electrons. The molecule has 0 amide bonds. The first-order chi connectivity index (χ1) is 7.08. The zero-order chi connectivity index (χ0) is 11.0. The first-order valence-electron chi connectivity index (χ1n) is 4.56. The summed E-state index contributed by atoms with van der Waals surface area (Å²) >= 11 is 6.03. The summed E-state index contributed by atoms with van der Waals surface area (Å²) in [7, 11) is 0. The summed E-state index contributed by atoms with van der Waals surface area (Å²) in [5, 5.41) is 10.3. The van der Waals surface area contributed by atoms with Crippen LogP contribution in [-0.2, 0) is 11.2 Å². The number of aliphatic carboxylic acids is 1. The number of aryl methyl sites for hydroxylation is 1. The first-order valence-corrected chi connectivity index (χ1v) is 4.93. The standard InChI is InChI=1S/C11H10ClNO2/c1-6-5-13-11-8(6)2-7(3-9(11)12)4-10(14)15/h2-3,5,13H,4H2,1H3,(H,14,15). The van der Waals surface area contributed by atoms with Crippen LogP contribution in [0.2, 0.25) is 5.02 Å². The summed E-state index contributed by atoms with van der Waals surface area (Å²) in [6.45, 7) is 1.96. The molecule has 0 radical (unpaired) electrons. The molecule has 1 aromatic heterocycles. The number of aromatic amines is 1. The molecule has 0 aliphatic carbocycles. The molecule has 2 aromatic rings. The summed E-state index contributed by atoms with van der Waals surface area (Å²) in [4.78, 5) is 13.6. The molecule has 1 heterocycles. The number of H-pyrrole nitrogens is 1. The fourth-order valence-corrected chi connectivity index (χ4v) is 1.95. The number of carboxylic acid groups (broad SMARTS) is 1. The molecule has 2 N–H and O–H groups in total. The van der Waals surface area contributed by atoms with Gasteiger partial charge in [0, 0.05) is 11.6 Å². The third kappa shape index (κ3) is 1.83. The van der Waals surface area contributed by atoms with Crippen LogP contribution in [0.4, 0.5) is 0 Å². The monoisotopic (exact) mass is 223 g/mol. The summed E-state index contributed by atoms with van der Waals surface area (Å²) < 4.78 is 0. The van der Waals surface area contributed by atoms with Crippen LogP contribution in [0.3, 0.4) is 0 Å². The van der Waals surface area contributed by atoms with E-state index in [0.29, 0.717) is 5.02 Å². The second-order valence-corrected chi connectivity index (χ2v) is 3.95. The van der Waals surface area contributed by atoms with Gasteiger partial charge in [-0.2, -0.15) is 0 Å². The number of carbonyl (C=O) groups is 1. The number of rotatable bonds is 2. The van der Waals surface area contributed by atoms with Gasteiger partial charge in [-0.3, -0.25) is 4.79 Å². The maximum atomic E-state index is 10.6. The number of hydrogen-bond donors (Lipinski definition) is 2. The van der Waals surface area contributed by atoms with E-state index < -0.39 is 5.97 Å². The van der Waals surface area contributed by atoms with Crippen LogP contribution in [-0.4, -0.2) is 16.1 Å². The molecule has 0 fully saturated rings. The van der Waals surface area contributed by atoms with E-state index in [1.165, 1.54) is 0 Å². The molecule has 0 bridgehead atoms. The van der Waals surface area contributed by atoms with Crippen LogP contribution in [0.25, 0.3) is 10.9 Å². The van der Waals surface area contributed by atoms with Crippen LogP contribution in [0.5, 0.6) is 0 Å². The van der Waals surface area contributed by atoms with Crippen LogP contribution in [0.1, 0.15) is 11.1 Å². The van der Waals surface area contributed by atoms with Crippen molar-refractivity contribution in [2.75, 3.05) is 0 Å². The van der Waals surface area contributed by atoms with Gasteiger partial charge in [-0.25, -0.2) is 0 Å². The average Bonchev–Trinajstić information content (AvgIpc) is 2.47. The summed E-state index contributed by atoms with van der Waals surface area (Å²) in [6, 6.07) is 3.55. The molecular formula is C11H10ClNO2. The van der Waals surface area contributed by atoms with Gasteiger partial charge in [0.1, 0.15) is 0 Å². The van der Waals surface area contributed by atoms with E-state index in [-0.39, 0.29) is 6.42 Å². The highest BCUT2D eigenvalue weighted by molar-refractivity contribution is 6.35. The van der Waals surface area contributed by atoms with Gasteiger partial charge in [-0.1, -0.05) is 11.6 Å². The van der Waals surface area contributed by atoms with E-state index in [9.17, 15) is 4.79 Å². The number of fused-ring (bicyclic) bond motifs is 1. The number of hydrogen-bond acceptors (Lipinski definition) is 1. The third-order valence-electron chi connectivity index (χ3n) is 2.36. The number of benzene rings is 1. The van der Waals surface area contributed by atoms with Crippen molar-refractivity contribution in [1.82, 2.24) is 4.98 Å². The molecule has 0 unspecified atom stereocenters. The molecule has 15 heavy (non-hydrogen) atoms.